The van der Waals surface area contributed by atoms with Gasteiger partial charge in [-0.25, -0.2) is 5.84 Å². The van der Waals surface area contributed by atoms with Crippen molar-refractivity contribution in [2.45, 2.75) is 26.4 Å². The molecule has 1 unspecified atom stereocenters. The van der Waals surface area contributed by atoms with Crippen molar-refractivity contribution in [2.24, 2.45) is 5.84 Å². The predicted octanol–water partition coefficient (Wildman–Crippen LogP) is 0.327. The van der Waals surface area contributed by atoms with Crippen LogP contribution >= 0.6 is 0 Å². The molecule has 1 aromatic heterocycles. The van der Waals surface area contributed by atoms with Gasteiger partial charge in [-0.2, -0.15) is 0 Å². The van der Waals surface area contributed by atoms with Gasteiger partial charge in [0.05, 0.1) is 12.1 Å². The zero-order valence-corrected chi connectivity index (χ0v) is 11.8. The number of rotatable bonds is 3. The van der Waals surface area contributed by atoms with E-state index in [2.05, 4.69) is 29.2 Å². The van der Waals surface area contributed by atoms with Crippen LogP contribution in [0.5, 0.6) is 0 Å². The summed E-state index contributed by atoms with van der Waals surface area (Å²) in [5, 5.41) is 0. The van der Waals surface area contributed by atoms with Gasteiger partial charge in [-0.05, 0) is 27.0 Å². The Kier molecular flexibility index (Phi) is 4.24. The van der Waals surface area contributed by atoms with Gasteiger partial charge in [-0.3, -0.25) is 15.1 Å². The number of hydrogen-bond acceptors (Lipinski definition) is 5. The number of nitrogens with one attached hydrogen (secondary N) is 1. The Bertz CT molecular complexity index is 457. The van der Waals surface area contributed by atoms with Gasteiger partial charge < -0.3 is 9.32 Å². The average molecular weight is 266 g/mol. The summed E-state index contributed by atoms with van der Waals surface area (Å²) < 4.78 is 5.63. The molecule has 0 bridgehead atoms. The van der Waals surface area contributed by atoms with Gasteiger partial charge in [0.2, 0.25) is 0 Å². The predicted molar refractivity (Wildman–Crippen MR) is 72.5 cm³/mol. The molecule has 1 saturated heterocycles. The van der Waals surface area contributed by atoms with Crippen LogP contribution in [0.4, 0.5) is 0 Å². The minimum absolute atomic E-state index is 0.306. The zero-order valence-electron chi connectivity index (χ0n) is 11.8. The minimum Gasteiger partial charge on any atom is -0.464 e. The molecule has 3 N–H and O–H groups in total. The molecule has 1 atom stereocenters. The fourth-order valence-electron chi connectivity index (χ4n) is 2.41. The van der Waals surface area contributed by atoms with E-state index in [-0.39, 0.29) is 5.91 Å². The summed E-state index contributed by atoms with van der Waals surface area (Å²) in [7, 11) is 2.14. The van der Waals surface area contributed by atoms with Crippen LogP contribution in [0.3, 0.4) is 0 Å². The van der Waals surface area contributed by atoms with Crippen molar-refractivity contribution in [3.8, 4) is 0 Å². The van der Waals surface area contributed by atoms with E-state index in [1.54, 1.807) is 13.0 Å². The first-order chi connectivity index (χ1) is 9.01. The number of piperazine rings is 1. The number of likely N-dealkylation sites (N-methyl/N-ethyl adjacent to an activating group) is 1. The zero-order chi connectivity index (χ0) is 14.0. The molecule has 2 rings (SSSR count). The number of hydrazine groups is 1. The summed E-state index contributed by atoms with van der Waals surface area (Å²) >= 11 is 0. The van der Waals surface area contributed by atoms with Crippen LogP contribution in [-0.4, -0.2) is 48.4 Å². The SMILES string of the molecule is Cc1oc(CN2CCN(C)C(C)C2)cc1C(=O)NN. The number of nitrogens with zero attached hydrogens (tertiary/aromatic N) is 2. The quantitative estimate of drug-likeness (QED) is 0.468. The number of nitrogens with two attached hydrogens (primary N) is 1. The highest BCUT2D eigenvalue weighted by atomic mass is 16.3. The van der Waals surface area contributed by atoms with Crippen LogP contribution in [0.2, 0.25) is 0 Å². The molecule has 6 nitrogen and oxygen atoms in total. The molecular formula is C13H22N4O2. The summed E-state index contributed by atoms with van der Waals surface area (Å²) in [6.45, 7) is 7.80. The normalized spacial score (nSPS) is 21.6. The van der Waals surface area contributed by atoms with Crippen LogP contribution in [-0.2, 0) is 6.54 Å². The number of nitrogen functional groups attached to an aromatic ring is 1. The number of carbonyl (C=O) groups is 1. The van der Waals surface area contributed by atoms with Crippen molar-refractivity contribution in [1.29, 1.82) is 0 Å². The Balaban J connectivity index is 2.02. The first-order valence-corrected chi connectivity index (χ1v) is 6.54. The Morgan fingerprint density at radius 2 is 2.32 bits per heavy atom. The minimum atomic E-state index is -0.306. The van der Waals surface area contributed by atoms with Crippen LogP contribution in [0.1, 0.15) is 28.8 Å². The summed E-state index contributed by atoms with van der Waals surface area (Å²) in [6, 6.07) is 2.32. The van der Waals surface area contributed by atoms with Crippen molar-refractivity contribution >= 4 is 5.91 Å². The molecule has 0 saturated carbocycles. The van der Waals surface area contributed by atoms with E-state index in [9.17, 15) is 4.79 Å². The van der Waals surface area contributed by atoms with Gasteiger partial charge in [0.1, 0.15) is 11.5 Å². The third-order valence-electron chi connectivity index (χ3n) is 3.77. The van der Waals surface area contributed by atoms with E-state index in [0.29, 0.717) is 17.4 Å². The van der Waals surface area contributed by atoms with E-state index in [0.717, 1.165) is 31.9 Å². The number of aryl methyl sites for hydroxylation is 1. The Morgan fingerprint density at radius 3 is 2.95 bits per heavy atom. The van der Waals surface area contributed by atoms with Gasteiger partial charge in [0.25, 0.3) is 5.91 Å². The molecule has 1 aromatic rings. The molecule has 6 heteroatoms. The second-order valence-electron chi connectivity index (χ2n) is 5.22. The lowest BCUT2D eigenvalue weighted by molar-refractivity contribution is 0.0944. The van der Waals surface area contributed by atoms with Crippen molar-refractivity contribution < 1.29 is 9.21 Å². The summed E-state index contributed by atoms with van der Waals surface area (Å²) in [4.78, 5) is 16.2. The third kappa shape index (κ3) is 3.15. The van der Waals surface area contributed by atoms with E-state index < -0.39 is 0 Å². The highest BCUT2D eigenvalue weighted by molar-refractivity contribution is 5.94. The van der Waals surface area contributed by atoms with Crippen molar-refractivity contribution in [2.75, 3.05) is 26.7 Å². The lowest BCUT2D eigenvalue weighted by atomic mass is 10.2. The molecule has 0 spiro atoms. The average Bonchev–Trinajstić information content (AvgIpc) is 2.74. The highest BCUT2D eigenvalue weighted by Crippen LogP contribution is 2.18. The topological polar surface area (TPSA) is 74.7 Å². The monoisotopic (exact) mass is 266 g/mol. The first kappa shape index (κ1) is 14.0. The molecular weight excluding hydrogens is 244 g/mol. The van der Waals surface area contributed by atoms with Gasteiger partial charge in [-0.1, -0.05) is 0 Å². The maximum atomic E-state index is 11.5. The van der Waals surface area contributed by atoms with E-state index in [1.165, 1.54) is 0 Å². The van der Waals surface area contributed by atoms with Crippen LogP contribution in [0.25, 0.3) is 0 Å². The Labute approximate surface area is 113 Å². The smallest absolute Gasteiger partial charge is 0.268 e. The third-order valence-corrected chi connectivity index (χ3v) is 3.77. The van der Waals surface area contributed by atoms with E-state index in [4.69, 9.17) is 10.3 Å². The molecule has 1 amide bonds. The maximum absolute atomic E-state index is 11.5. The van der Waals surface area contributed by atoms with Crippen molar-refractivity contribution in [3.05, 3.63) is 23.2 Å². The number of furan rings is 1. The van der Waals surface area contributed by atoms with E-state index in [1.807, 2.05) is 0 Å². The number of amides is 1. The molecule has 1 aliphatic rings. The number of carbonyl (C=O) groups excluding carboxylic acids is 1. The highest BCUT2D eigenvalue weighted by Gasteiger charge is 2.22. The fourth-order valence-corrected chi connectivity index (χ4v) is 2.41. The van der Waals surface area contributed by atoms with Gasteiger partial charge >= 0.3 is 0 Å². The molecule has 0 radical (unpaired) electrons. The maximum Gasteiger partial charge on any atom is 0.268 e. The van der Waals surface area contributed by atoms with E-state index >= 15 is 0 Å². The van der Waals surface area contributed by atoms with Crippen LogP contribution in [0.15, 0.2) is 10.5 Å². The first-order valence-electron chi connectivity index (χ1n) is 6.54. The second-order valence-corrected chi connectivity index (χ2v) is 5.22. The van der Waals surface area contributed by atoms with Gasteiger partial charge in [0, 0.05) is 25.7 Å². The van der Waals surface area contributed by atoms with Crippen LogP contribution in [0, 0.1) is 6.92 Å². The Morgan fingerprint density at radius 1 is 1.58 bits per heavy atom. The van der Waals surface area contributed by atoms with Crippen LogP contribution < -0.4 is 11.3 Å². The summed E-state index contributed by atoms with van der Waals surface area (Å²) in [5.41, 5.74) is 2.65. The van der Waals surface area contributed by atoms with Crippen molar-refractivity contribution in [1.82, 2.24) is 15.2 Å². The molecule has 0 aromatic carbocycles. The number of hydrogen-bond donors (Lipinski definition) is 2. The molecule has 106 valence electrons. The van der Waals surface area contributed by atoms with Crippen molar-refractivity contribution in [3.63, 3.8) is 0 Å². The second kappa shape index (κ2) is 5.73. The lowest BCUT2D eigenvalue weighted by Gasteiger charge is -2.37. The molecule has 0 aliphatic carbocycles. The molecule has 19 heavy (non-hydrogen) atoms. The summed E-state index contributed by atoms with van der Waals surface area (Å²) in [5.74, 6) is 6.26. The molecule has 1 fully saturated rings. The van der Waals surface area contributed by atoms with Gasteiger partial charge in [-0.15, -0.1) is 0 Å². The lowest BCUT2D eigenvalue weighted by Crippen LogP contribution is -2.49. The largest absolute Gasteiger partial charge is 0.464 e. The Hall–Kier alpha value is -1.37. The van der Waals surface area contributed by atoms with Gasteiger partial charge in [0.15, 0.2) is 0 Å². The molecule has 2 heterocycles. The molecule has 1 aliphatic heterocycles. The standard InChI is InChI=1S/C13H22N4O2/c1-9-7-17(5-4-16(9)3)8-11-6-12(10(2)19-11)13(18)15-14/h6,9H,4-5,7-8,14H2,1-3H3,(H,15,18). The summed E-state index contributed by atoms with van der Waals surface area (Å²) in [6.07, 6.45) is 0. The fraction of sp³-hybridized carbons (Fsp3) is 0.615.